The minimum atomic E-state index is -0.447. The predicted molar refractivity (Wildman–Crippen MR) is 89.4 cm³/mol. The Bertz CT molecular complexity index is 235. The first-order chi connectivity index (χ1) is 10.3. The summed E-state index contributed by atoms with van der Waals surface area (Å²) < 4.78 is 5.50. The van der Waals surface area contributed by atoms with Gasteiger partial charge in [0.05, 0.1) is 24.9 Å². The Kier molecular flexibility index (Phi) is 11.2. The second kappa shape index (κ2) is 12.4. The van der Waals surface area contributed by atoms with E-state index in [-0.39, 0.29) is 12.1 Å². The zero-order valence-electron chi connectivity index (χ0n) is 14.1. The molecule has 3 N–H and O–H groups in total. The number of nitrogens with two attached hydrogens (primary N) is 1. The first-order valence-corrected chi connectivity index (χ1v) is 9.31. The summed E-state index contributed by atoms with van der Waals surface area (Å²) >= 11 is 0. The number of rotatable bonds is 13. The Labute approximate surface area is 131 Å². The normalized spacial score (nSPS) is 25.6. The highest BCUT2D eigenvalue weighted by Gasteiger charge is 2.32. The molecule has 1 heterocycles. The highest BCUT2D eigenvalue weighted by Crippen LogP contribution is 2.19. The van der Waals surface area contributed by atoms with Crippen LogP contribution in [-0.4, -0.2) is 30.0 Å². The number of ether oxygens (including phenoxy) is 1. The predicted octanol–water partition coefficient (Wildman–Crippen LogP) is 4.16. The molecule has 21 heavy (non-hydrogen) atoms. The van der Waals surface area contributed by atoms with Gasteiger partial charge in [0.15, 0.2) is 0 Å². The number of aliphatic hydroxyl groups excluding tert-OH is 1. The third-order valence-corrected chi connectivity index (χ3v) is 4.66. The summed E-state index contributed by atoms with van der Waals surface area (Å²) in [5.74, 6) is 0. The highest BCUT2D eigenvalue weighted by atomic mass is 16.5. The SMILES string of the molecule is CCCCCCCCCCCCCC[C@H]1OC[C@H](N)[C@@H]1O. The molecular formula is C18H37NO2. The van der Waals surface area contributed by atoms with Gasteiger partial charge >= 0.3 is 0 Å². The summed E-state index contributed by atoms with van der Waals surface area (Å²) in [5, 5.41) is 9.78. The van der Waals surface area contributed by atoms with Crippen LogP contribution in [0.5, 0.6) is 0 Å². The molecule has 3 atom stereocenters. The van der Waals surface area contributed by atoms with E-state index in [9.17, 15) is 5.11 Å². The van der Waals surface area contributed by atoms with Crippen LogP contribution in [0.25, 0.3) is 0 Å². The van der Waals surface area contributed by atoms with Crippen molar-refractivity contribution in [3.8, 4) is 0 Å². The second-order valence-corrected chi connectivity index (χ2v) is 6.70. The topological polar surface area (TPSA) is 55.5 Å². The van der Waals surface area contributed by atoms with Crippen molar-refractivity contribution >= 4 is 0 Å². The maximum atomic E-state index is 9.78. The highest BCUT2D eigenvalue weighted by molar-refractivity contribution is 4.85. The fourth-order valence-electron chi connectivity index (χ4n) is 3.15. The quantitative estimate of drug-likeness (QED) is 0.502. The van der Waals surface area contributed by atoms with E-state index < -0.39 is 6.10 Å². The van der Waals surface area contributed by atoms with Crippen LogP contribution >= 0.6 is 0 Å². The Balaban J connectivity index is 1.77. The van der Waals surface area contributed by atoms with Crippen LogP contribution in [0.1, 0.15) is 90.4 Å². The molecule has 0 unspecified atom stereocenters. The van der Waals surface area contributed by atoms with Crippen molar-refractivity contribution in [3.63, 3.8) is 0 Å². The Morgan fingerprint density at radius 1 is 0.857 bits per heavy atom. The molecule has 0 amide bonds. The van der Waals surface area contributed by atoms with Crippen LogP contribution < -0.4 is 5.73 Å². The van der Waals surface area contributed by atoms with Crippen LogP contribution in [0, 0.1) is 0 Å². The van der Waals surface area contributed by atoms with Gasteiger partial charge in [0.1, 0.15) is 0 Å². The lowest BCUT2D eigenvalue weighted by molar-refractivity contribution is 0.0342. The molecule has 0 aromatic carbocycles. The molecule has 0 aromatic heterocycles. The van der Waals surface area contributed by atoms with Gasteiger partial charge in [-0.3, -0.25) is 0 Å². The molecule has 1 fully saturated rings. The molecule has 3 heteroatoms. The van der Waals surface area contributed by atoms with E-state index in [1.807, 2.05) is 0 Å². The molecule has 0 saturated carbocycles. The van der Waals surface area contributed by atoms with E-state index in [0.29, 0.717) is 6.61 Å². The molecule has 0 radical (unpaired) electrons. The fraction of sp³-hybridized carbons (Fsp3) is 1.00. The zero-order valence-corrected chi connectivity index (χ0v) is 14.1. The Hall–Kier alpha value is -0.120. The van der Waals surface area contributed by atoms with Gasteiger partial charge in [-0.1, -0.05) is 84.0 Å². The Morgan fingerprint density at radius 3 is 1.76 bits per heavy atom. The average molecular weight is 299 g/mol. The van der Waals surface area contributed by atoms with Crippen molar-refractivity contribution < 1.29 is 9.84 Å². The van der Waals surface area contributed by atoms with Crippen molar-refractivity contribution in [1.29, 1.82) is 0 Å². The Morgan fingerprint density at radius 2 is 1.33 bits per heavy atom. The number of hydrogen-bond donors (Lipinski definition) is 2. The molecule has 3 nitrogen and oxygen atoms in total. The molecular weight excluding hydrogens is 262 g/mol. The van der Waals surface area contributed by atoms with E-state index in [2.05, 4.69) is 6.92 Å². The molecule has 1 aliphatic heterocycles. The average Bonchev–Trinajstić information content (AvgIpc) is 2.80. The minimum Gasteiger partial charge on any atom is -0.389 e. The fourth-order valence-corrected chi connectivity index (χ4v) is 3.15. The lowest BCUT2D eigenvalue weighted by atomic mass is 10.0. The largest absolute Gasteiger partial charge is 0.389 e. The third kappa shape index (κ3) is 8.80. The van der Waals surface area contributed by atoms with Crippen LogP contribution in [-0.2, 0) is 4.74 Å². The van der Waals surface area contributed by atoms with Crippen molar-refractivity contribution in [2.45, 2.75) is 109 Å². The molecule has 1 rings (SSSR count). The minimum absolute atomic E-state index is 0.0110. The van der Waals surface area contributed by atoms with Crippen LogP contribution in [0.4, 0.5) is 0 Å². The van der Waals surface area contributed by atoms with Gasteiger partial charge < -0.3 is 15.6 Å². The second-order valence-electron chi connectivity index (χ2n) is 6.70. The van der Waals surface area contributed by atoms with Gasteiger partial charge in [0.25, 0.3) is 0 Å². The van der Waals surface area contributed by atoms with E-state index >= 15 is 0 Å². The molecule has 0 aliphatic carbocycles. The number of hydrogen-bond acceptors (Lipinski definition) is 3. The van der Waals surface area contributed by atoms with Gasteiger partial charge in [-0.2, -0.15) is 0 Å². The maximum Gasteiger partial charge on any atom is 0.0974 e. The zero-order chi connectivity index (χ0) is 15.3. The first-order valence-electron chi connectivity index (χ1n) is 9.31. The van der Waals surface area contributed by atoms with Crippen molar-refractivity contribution in [3.05, 3.63) is 0 Å². The maximum absolute atomic E-state index is 9.78. The molecule has 126 valence electrons. The molecule has 1 aliphatic rings. The molecule has 1 saturated heterocycles. The molecule has 0 aromatic rings. The summed E-state index contributed by atoms with van der Waals surface area (Å²) in [6, 6.07) is -0.174. The van der Waals surface area contributed by atoms with E-state index in [0.717, 1.165) is 12.8 Å². The smallest absolute Gasteiger partial charge is 0.0974 e. The summed E-state index contributed by atoms with van der Waals surface area (Å²) in [5.41, 5.74) is 5.73. The standard InChI is InChI=1S/C18H37NO2/c1-2-3-4-5-6-7-8-9-10-11-12-13-14-17-18(20)16(19)15-21-17/h16-18,20H,2-15,19H2,1H3/t16-,17+,18-/m0/s1. The third-order valence-electron chi connectivity index (χ3n) is 4.66. The van der Waals surface area contributed by atoms with Gasteiger partial charge in [-0.15, -0.1) is 0 Å². The number of aliphatic hydroxyl groups is 1. The van der Waals surface area contributed by atoms with E-state index in [1.165, 1.54) is 70.6 Å². The first kappa shape index (κ1) is 18.9. The molecule has 0 spiro atoms. The van der Waals surface area contributed by atoms with Gasteiger partial charge in [0, 0.05) is 0 Å². The summed E-state index contributed by atoms with van der Waals surface area (Å²) in [7, 11) is 0. The number of unbranched alkanes of at least 4 members (excludes halogenated alkanes) is 11. The lowest BCUT2D eigenvalue weighted by Crippen LogP contribution is -2.36. The van der Waals surface area contributed by atoms with E-state index in [1.54, 1.807) is 0 Å². The van der Waals surface area contributed by atoms with Gasteiger partial charge in [0.2, 0.25) is 0 Å². The summed E-state index contributed by atoms with van der Waals surface area (Å²) in [4.78, 5) is 0. The van der Waals surface area contributed by atoms with Crippen LogP contribution in [0.3, 0.4) is 0 Å². The summed E-state index contributed by atoms with van der Waals surface area (Å²) in [6.45, 7) is 2.79. The van der Waals surface area contributed by atoms with E-state index in [4.69, 9.17) is 10.5 Å². The van der Waals surface area contributed by atoms with Gasteiger partial charge in [-0.05, 0) is 6.42 Å². The van der Waals surface area contributed by atoms with Crippen molar-refractivity contribution in [1.82, 2.24) is 0 Å². The lowest BCUT2D eigenvalue weighted by Gasteiger charge is -2.14. The van der Waals surface area contributed by atoms with Crippen LogP contribution in [0.15, 0.2) is 0 Å². The van der Waals surface area contributed by atoms with Crippen LogP contribution in [0.2, 0.25) is 0 Å². The summed E-state index contributed by atoms with van der Waals surface area (Å²) in [6.07, 6.45) is 16.9. The monoisotopic (exact) mass is 299 g/mol. The van der Waals surface area contributed by atoms with Crippen molar-refractivity contribution in [2.75, 3.05) is 6.61 Å². The molecule has 0 bridgehead atoms. The van der Waals surface area contributed by atoms with Gasteiger partial charge in [-0.25, -0.2) is 0 Å². The van der Waals surface area contributed by atoms with Crippen molar-refractivity contribution in [2.24, 2.45) is 5.73 Å².